The van der Waals surface area contributed by atoms with Gasteiger partial charge in [0.1, 0.15) is 5.84 Å². The quantitative estimate of drug-likeness (QED) is 0.809. The van der Waals surface area contributed by atoms with E-state index >= 15 is 0 Å². The van der Waals surface area contributed by atoms with Crippen molar-refractivity contribution in [1.82, 2.24) is 4.90 Å². The lowest BCUT2D eigenvalue weighted by molar-refractivity contribution is 0.0836. The fourth-order valence-corrected chi connectivity index (χ4v) is 3.56. The molecule has 1 N–H and O–H groups in total. The van der Waals surface area contributed by atoms with E-state index in [2.05, 4.69) is 61.0 Å². The minimum atomic E-state index is -0.606. The van der Waals surface area contributed by atoms with Gasteiger partial charge in [0.2, 0.25) is 0 Å². The first-order chi connectivity index (χ1) is 10.4. The molecule has 1 aromatic carbocycles. The smallest absolute Gasteiger partial charge is 0.162 e. The molecular weight excluding hydrogens is 340 g/mol. The number of fused-ring (bicyclic) bond motifs is 1. The van der Waals surface area contributed by atoms with Gasteiger partial charge < -0.3 is 10.0 Å². The summed E-state index contributed by atoms with van der Waals surface area (Å²) in [4.78, 5) is 6.81. The Kier molecular flexibility index (Phi) is 4.17. The Morgan fingerprint density at radius 3 is 2.50 bits per heavy atom. The molecule has 1 fully saturated rings. The SMILES string of the molecule is CC(C)(C)c1ccc(C2=C(Br)C(O)N3CCCCC3=N2)cc1. The zero-order chi connectivity index (χ0) is 15.9. The zero-order valence-electron chi connectivity index (χ0n) is 13.4. The van der Waals surface area contributed by atoms with Crippen molar-refractivity contribution in [2.24, 2.45) is 4.99 Å². The van der Waals surface area contributed by atoms with Crippen LogP contribution in [-0.4, -0.2) is 28.6 Å². The Morgan fingerprint density at radius 2 is 1.86 bits per heavy atom. The van der Waals surface area contributed by atoms with Crippen molar-refractivity contribution < 1.29 is 5.11 Å². The Balaban J connectivity index is 1.97. The molecule has 1 saturated heterocycles. The lowest BCUT2D eigenvalue weighted by atomic mass is 9.86. The summed E-state index contributed by atoms with van der Waals surface area (Å²) in [6.07, 6.45) is 2.60. The molecule has 1 unspecified atom stereocenters. The molecule has 0 amide bonds. The van der Waals surface area contributed by atoms with E-state index in [0.717, 1.165) is 47.4 Å². The first-order valence-electron chi connectivity index (χ1n) is 7.91. The van der Waals surface area contributed by atoms with Crippen LogP contribution < -0.4 is 0 Å². The van der Waals surface area contributed by atoms with Crippen molar-refractivity contribution in [3.05, 3.63) is 39.9 Å². The molecule has 0 spiro atoms. The molecule has 0 aliphatic carbocycles. The number of nitrogens with zero attached hydrogens (tertiary/aromatic N) is 2. The van der Waals surface area contributed by atoms with E-state index in [4.69, 9.17) is 4.99 Å². The van der Waals surface area contributed by atoms with E-state index in [9.17, 15) is 5.11 Å². The topological polar surface area (TPSA) is 35.8 Å². The second-order valence-electron chi connectivity index (χ2n) is 7.08. The van der Waals surface area contributed by atoms with Gasteiger partial charge in [-0.25, -0.2) is 4.99 Å². The van der Waals surface area contributed by atoms with Gasteiger partial charge in [0.05, 0.1) is 10.2 Å². The first-order valence-corrected chi connectivity index (χ1v) is 8.70. The van der Waals surface area contributed by atoms with Gasteiger partial charge >= 0.3 is 0 Å². The molecule has 2 aliphatic heterocycles. The van der Waals surface area contributed by atoms with E-state index in [1.807, 2.05) is 4.90 Å². The number of hydrogen-bond donors (Lipinski definition) is 1. The number of halogens is 1. The van der Waals surface area contributed by atoms with Gasteiger partial charge in [-0.05, 0) is 39.8 Å². The zero-order valence-corrected chi connectivity index (χ0v) is 15.0. The van der Waals surface area contributed by atoms with Gasteiger partial charge in [0.25, 0.3) is 0 Å². The van der Waals surface area contributed by atoms with E-state index in [1.165, 1.54) is 5.56 Å². The molecule has 0 saturated carbocycles. The van der Waals surface area contributed by atoms with Crippen LogP contribution in [0.5, 0.6) is 0 Å². The summed E-state index contributed by atoms with van der Waals surface area (Å²) >= 11 is 3.56. The average molecular weight is 363 g/mol. The van der Waals surface area contributed by atoms with Gasteiger partial charge in [-0.1, -0.05) is 45.0 Å². The number of hydrogen-bond acceptors (Lipinski definition) is 3. The molecule has 22 heavy (non-hydrogen) atoms. The summed E-state index contributed by atoms with van der Waals surface area (Å²) in [6, 6.07) is 8.52. The number of aliphatic hydroxyl groups excluding tert-OH is 1. The largest absolute Gasteiger partial charge is 0.369 e. The summed E-state index contributed by atoms with van der Waals surface area (Å²) in [5.74, 6) is 1.01. The van der Waals surface area contributed by atoms with Gasteiger partial charge in [-0.15, -0.1) is 0 Å². The summed E-state index contributed by atoms with van der Waals surface area (Å²) in [5.41, 5.74) is 3.36. The van der Waals surface area contributed by atoms with Crippen LogP contribution in [0.15, 0.2) is 33.7 Å². The van der Waals surface area contributed by atoms with Crippen LogP contribution >= 0.6 is 15.9 Å². The molecule has 0 aromatic heterocycles. The third kappa shape index (κ3) is 2.86. The predicted octanol–water partition coefficient (Wildman–Crippen LogP) is 4.26. The van der Waals surface area contributed by atoms with Crippen molar-refractivity contribution >= 4 is 27.5 Å². The normalized spacial score (nSPS) is 22.5. The molecule has 0 bridgehead atoms. The molecule has 1 atom stereocenters. The van der Waals surface area contributed by atoms with E-state index in [1.54, 1.807) is 0 Å². The maximum absolute atomic E-state index is 10.5. The molecular formula is C18H23BrN2O. The Morgan fingerprint density at radius 1 is 1.18 bits per heavy atom. The van der Waals surface area contributed by atoms with E-state index < -0.39 is 6.23 Å². The maximum atomic E-state index is 10.5. The van der Waals surface area contributed by atoms with Crippen molar-refractivity contribution in [2.45, 2.75) is 51.7 Å². The summed E-state index contributed by atoms with van der Waals surface area (Å²) < 4.78 is 0.765. The summed E-state index contributed by atoms with van der Waals surface area (Å²) in [7, 11) is 0. The van der Waals surface area contributed by atoms with Crippen LogP contribution in [0.2, 0.25) is 0 Å². The van der Waals surface area contributed by atoms with Crippen molar-refractivity contribution in [3.8, 4) is 0 Å². The second-order valence-corrected chi connectivity index (χ2v) is 7.93. The monoisotopic (exact) mass is 362 g/mol. The number of piperidine rings is 1. The molecule has 0 radical (unpaired) electrons. The highest BCUT2D eigenvalue weighted by molar-refractivity contribution is 9.11. The highest BCUT2D eigenvalue weighted by Crippen LogP contribution is 2.35. The van der Waals surface area contributed by atoms with Crippen molar-refractivity contribution in [1.29, 1.82) is 0 Å². The molecule has 3 nitrogen and oxygen atoms in total. The minimum absolute atomic E-state index is 0.141. The predicted molar refractivity (Wildman–Crippen MR) is 95.0 cm³/mol. The maximum Gasteiger partial charge on any atom is 0.162 e. The lowest BCUT2D eigenvalue weighted by Crippen LogP contribution is -2.45. The minimum Gasteiger partial charge on any atom is -0.369 e. The molecule has 1 aromatic rings. The van der Waals surface area contributed by atoms with Crippen LogP contribution in [0, 0.1) is 0 Å². The fourth-order valence-electron chi connectivity index (χ4n) is 2.99. The lowest BCUT2D eigenvalue weighted by Gasteiger charge is -2.37. The van der Waals surface area contributed by atoms with E-state index in [-0.39, 0.29) is 5.41 Å². The number of benzene rings is 1. The second kappa shape index (κ2) is 5.82. The number of rotatable bonds is 1. The van der Waals surface area contributed by atoms with Crippen LogP contribution in [0.25, 0.3) is 5.70 Å². The Labute approximate surface area is 140 Å². The molecule has 4 heteroatoms. The molecule has 2 aliphatic rings. The van der Waals surface area contributed by atoms with Crippen LogP contribution in [0.4, 0.5) is 0 Å². The number of amidine groups is 1. The van der Waals surface area contributed by atoms with Crippen LogP contribution in [0.3, 0.4) is 0 Å². The van der Waals surface area contributed by atoms with Crippen molar-refractivity contribution in [3.63, 3.8) is 0 Å². The van der Waals surface area contributed by atoms with Crippen LogP contribution in [-0.2, 0) is 5.41 Å². The Hall–Kier alpha value is -1.13. The first kappa shape index (κ1) is 15.8. The number of aliphatic imine (C=N–C) groups is 1. The third-order valence-electron chi connectivity index (χ3n) is 4.39. The highest BCUT2D eigenvalue weighted by atomic mass is 79.9. The highest BCUT2D eigenvalue weighted by Gasteiger charge is 2.31. The standard InChI is InChI=1S/C18H23BrN2O/c1-18(2,3)13-9-7-12(8-10-13)16-15(19)17(22)21-11-5-4-6-14(21)20-16/h7-10,17,22H,4-6,11H2,1-3H3. The van der Waals surface area contributed by atoms with Crippen LogP contribution in [0.1, 0.15) is 51.2 Å². The van der Waals surface area contributed by atoms with Gasteiger partial charge in [0, 0.05) is 18.5 Å². The summed E-state index contributed by atoms with van der Waals surface area (Å²) in [6.45, 7) is 7.51. The number of aliphatic hydroxyl groups is 1. The average Bonchev–Trinajstić information content (AvgIpc) is 2.50. The molecule has 3 rings (SSSR count). The van der Waals surface area contributed by atoms with Gasteiger partial charge in [0.15, 0.2) is 6.23 Å². The fraction of sp³-hybridized carbons (Fsp3) is 0.500. The summed E-state index contributed by atoms with van der Waals surface area (Å²) in [5, 5.41) is 10.5. The van der Waals surface area contributed by atoms with Gasteiger partial charge in [-0.3, -0.25) is 0 Å². The molecule has 118 valence electrons. The van der Waals surface area contributed by atoms with Gasteiger partial charge in [-0.2, -0.15) is 0 Å². The molecule has 2 heterocycles. The third-order valence-corrected chi connectivity index (χ3v) is 5.18. The Bertz CT molecular complexity index is 625. The van der Waals surface area contributed by atoms with E-state index in [0.29, 0.717) is 0 Å². The van der Waals surface area contributed by atoms with Crippen molar-refractivity contribution in [2.75, 3.05) is 6.54 Å².